The van der Waals surface area contributed by atoms with Crippen LogP contribution >= 0.6 is 7.82 Å². The smallest absolute Gasteiger partial charge is 1.00 e. The first kappa shape index (κ1) is 42.4. The molecular weight excluding hydrogens is 682 g/mol. The molecule has 264 valence electrons. The maximum Gasteiger partial charge on any atom is 1.00 e. The minimum Gasteiger partial charge on any atom is -1.00 e. The molecule has 49 heavy (non-hydrogen) atoms. The van der Waals surface area contributed by atoms with Gasteiger partial charge in [-0.25, -0.2) is 17.8 Å². The SMILES string of the molecule is COC(=O)N[C@H](C(=O)NCCCC[C@@H](COP(=O)(O)O)N(CC(C)C)S(=O)(=O)c1ccc(N)cc1)C(c1ccccc1)c1ccccc1.[H-].[Na+]. The Kier molecular flexibility index (Phi) is 17.4. The number of methoxy groups -OCH3 is 1. The number of unbranched alkanes of at least 4 members (excludes halogenated alkanes) is 1. The van der Waals surface area contributed by atoms with E-state index in [1.807, 2.05) is 74.5 Å². The molecule has 3 rings (SSSR count). The molecule has 3 aromatic carbocycles. The van der Waals surface area contributed by atoms with Gasteiger partial charge in [-0.15, -0.1) is 0 Å². The van der Waals surface area contributed by atoms with Crippen LogP contribution in [0.5, 0.6) is 0 Å². The van der Waals surface area contributed by atoms with E-state index in [4.69, 9.17) is 15.0 Å². The normalized spacial score (nSPS) is 13.1. The first-order valence-corrected chi connectivity index (χ1v) is 18.5. The summed E-state index contributed by atoms with van der Waals surface area (Å²) in [5, 5.41) is 5.55. The van der Waals surface area contributed by atoms with E-state index >= 15 is 0 Å². The fourth-order valence-electron chi connectivity index (χ4n) is 5.28. The van der Waals surface area contributed by atoms with Gasteiger partial charge in [0.1, 0.15) is 6.04 Å². The summed E-state index contributed by atoms with van der Waals surface area (Å²) in [7, 11) is -7.79. The number of amides is 2. The van der Waals surface area contributed by atoms with Gasteiger partial charge in [0.25, 0.3) is 0 Å². The number of nitrogen functional groups attached to an aromatic ring is 1. The zero-order valence-electron chi connectivity index (χ0n) is 29.3. The number of benzene rings is 3. The molecule has 0 radical (unpaired) electrons. The molecule has 13 nitrogen and oxygen atoms in total. The second-order valence-corrected chi connectivity index (χ2v) is 14.8. The van der Waals surface area contributed by atoms with E-state index in [2.05, 4.69) is 10.6 Å². The fraction of sp³-hybridized carbons (Fsp3) is 0.394. The molecule has 0 aliphatic heterocycles. The van der Waals surface area contributed by atoms with Gasteiger partial charge in [0.15, 0.2) is 0 Å². The molecule has 0 unspecified atom stereocenters. The van der Waals surface area contributed by atoms with E-state index in [-0.39, 0.29) is 61.3 Å². The number of phosphoric ester groups is 1. The molecule has 2 atom stereocenters. The molecule has 6 N–H and O–H groups in total. The quantitative estimate of drug-likeness (QED) is 0.0552. The van der Waals surface area contributed by atoms with E-state index < -0.39 is 54.5 Å². The summed E-state index contributed by atoms with van der Waals surface area (Å²) in [5.41, 5.74) is 7.75. The minimum absolute atomic E-state index is 0. The van der Waals surface area contributed by atoms with Crippen LogP contribution in [-0.4, -0.2) is 73.4 Å². The van der Waals surface area contributed by atoms with Crippen molar-refractivity contribution in [2.45, 2.75) is 56.0 Å². The predicted octanol–water partition coefficient (Wildman–Crippen LogP) is 1.35. The molecular formula is C33H46N4NaO9PS. The van der Waals surface area contributed by atoms with Crippen LogP contribution in [-0.2, 0) is 28.6 Å². The van der Waals surface area contributed by atoms with Crippen molar-refractivity contribution in [2.75, 3.05) is 32.5 Å². The van der Waals surface area contributed by atoms with Gasteiger partial charge in [0.05, 0.1) is 18.6 Å². The number of carbonyl (C=O) groups excluding carboxylic acids is 2. The molecule has 3 aromatic rings. The average Bonchev–Trinajstić information content (AvgIpc) is 3.05. The van der Waals surface area contributed by atoms with Crippen molar-refractivity contribution >= 4 is 35.5 Å². The largest absolute Gasteiger partial charge is 1.00 e. The number of anilines is 1. The Balaban J connectivity index is 0.00000625. The Morgan fingerprint density at radius 2 is 1.49 bits per heavy atom. The number of alkyl carbamates (subject to hydrolysis) is 1. The van der Waals surface area contributed by atoms with Gasteiger partial charge in [-0.3, -0.25) is 9.32 Å². The zero-order valence-corrected chi connectivity index (χ0v) is 32.0. The third-order valence-corrected chi connectivity index (χ3v) is 9.95. The van der Waals surface area contributed by atoms with Gasteiger partial charge < -0.3 is 32.3 Å². The molecule has 2 amide bonds. The molecule has 0 bridgehead atoms. The number of carbonyl (C=O) groups is 2. The number of nitrogens with one attached hydrogen (secondary N) is 2. The summed E-state index contributed by atoms with van der Waals surface area (Å²) >= 11 is 0. The molecule has 0 fully saturated rings. The number of nitrogens with zero attached hydrogens (tertiary/aromatic N) is 1. The predicted molar refractivity (Wildman–Crippen MR) is 183 cm³/mol. The second-order valence-electron chi connectivity index (χ2n) is 11.7. The van der Waals surface area contributed by atoms with Crippen LogP contribution in [0.4, 0.5) is 10.5 Å². The molecule has 0 saturated heterocycles. The summed E-state index contributed by atoms with van der Waals surface area (Å²) in [6, 6.07) is 22.3. The van der Waals surface area contributed by atoms with Gasteiger partial charge in [0, 0.05) is 30.7 Å². The van der Waals surface area contributed by atoms with Gasteiger partial charge in [-0.1, -0.05) is 80.9 Å². The van der Waals surface area contributed by atoms with Gasteiger partial charge in [-0.05, 0) is 54.2 Å². The second kappa shape index (κ2) is 20.2. The Labute approximate surface area is 312 Å². The number of nitrogens with two attached hydrogens (primary N) is 1. The van der Waals surface area contributed by atoms with E-state index in [1.165, 1.54) is 35.7 Å². The van der Waals surface area contributed by atoms with E-state index in [9.17, 15) is 32.4 Å². The van der Waals surface area contributed by atoms with Gasteiger partial charge >= 0.3 is 43.5 Å². The maximum absolute atomic E-state index is 13.7. The first-order chi connectivity index (χ1) is 22.7. The van der Waals surface area contributed by atoms with Crippen molar-refractivity contribution < 1.29 is 72.6 Å². The Morgan fingerprint density at radius 3 is 1.98 bits per heavy atom. The summed E-state index contributed by atoms with van der Waals surface area (Å²) in [6.45, 7) is 3.37. The van der Waals surface area contributed by atoms with Crippen LogP contribution in [0.2, 0.25) is 0 Å². The Morgan fingerprint density at radius 1 is 0.939 bits per heavy atom. The van der Waals surface area contributed by atoms with Crippen molar-refractivity contribution in [3.63, 3.8) is 0 Å². The third-order valence-electron chi connectivity index (χ3n) is 7.53. The Hall–Kier alpha value is -2.78. The molecule has 16 heteroatoms. The molecule has 0 aliphatic rings. The summed E-state index contributed by atoms with van der Waals surface area (Å²) in [4.78, 5) is 44.8. The first-order valence-electron chi connectivity index (χ1n) is 15.5. The number of hydrogen-bond acceptors (Lipinski definition) is 8. The fourth-order valence-corrected chi connectivity index (χ4v) is 7.45. The number of phosphoric acid groups is 1. The maximum atomic E-state index is 13.7. The van der Waals surface area contributed by atoms with E-state index in [0.717, 1.165) is 11.1 Å². The van der Waals surface area contributed by atoms with Gasteiger partial charge in [-0.2, -0.15) is 4.31 Å². The number of sulfonamides is 1. The monoisotopic (exact) mass is 728 g/mol. The summed E-state index contributed by atoms with van der Waals surface area (Å²) in [5.74, 6) is -1.11. The van der Waals surface area contributed by atoms with Crippen LogP contribution < -0.4 is 45.9 Å². The molecule has 0 heterocycles. The minimum atomic E-state index is -4.91. The van der Waals surface area contributed by atoms with E-state index in [1.54, 1.807) is 0 Å². The van der Waals surface area contributed by atoms with E-state index in [0.29, 0.717) is 18.5 Å². The zero-order chi connectivity index (χ0) is 35.3. The van der Waals surface area contributed by atoms with Crippen molar-refractivity contribution in [2.24, 2.45) is 5.92 Å². The Bertz CT molecular complexity index is 1580. The topological polar surface area (TPSA) is 198 Å². The number of hydrogen-bond donors (Lipinski definition) is 5. The molecule has 0 aromatic heterocycles. The number of rotatable bonds is 18. The van der Waals surface area contributed by atoms with Crippen LogP contribution in [0.3, 0.4) is 0 Å². The number of ether oxygens (including phenoxy) is 1. The summed E-state index contributed by atoms with van der Waals surface area (Å²) < 4.78 is 49.9. The van der Waals surface area contributed by atoms with Crippen molar-refractivity contribution in [1.29, 1.82) is 0 Å². The van der Waals surface area contributed by atoms with Crippen molar-refractivity contribution in [1.82, 2.24) is 14.9 Å². The third kappa shape index (κ3) is 13.5. The van der Waals surface area contributed by atoms with Crippen molar-refractivity contribution in [3.8, 4) is 0 Å². The average molecular weight is 729 g/mol. The molecule has 0 aliphatic carbocycles. The molecule has 0 spiro atoms. The van der Waals surface area contributed by atoms with Gasteiger partial charge in [0.2, 0.25) is 15.9 Å². The standard InChI is InChI=1S/C33H45N4O9PS.Na.H/c1-24(2)22-37(48(43,44)29-19-17-27(34)18-20-29)28(23-46-47(40,41)42)16-10-11-21-35-32(38)31(36-33(39)45-3)30(25-12-6-4-7-13-25)26-14-8-5-9-15-26;;/h4-9,12-15,17-20,24,28,30-31H,10-11,16,21-23,34H2,1-3H3,(H,35,38)(H,36,39)(H2,40,41,42);;/q;+1;-1/t28-,31-;;/m0../s1. The van der Waals surface area contributed by atoms with Crippen LogP contribution in [0.15, 0.2) is 89.8 Å². The van der Waals surface area contributed by atoms with Crippen molar-refractivity contribution in [3.05, 3.63) is 96.1 Å². The van der Waals surface area contributed by atoms with Crippen LogP contribution in [0.25, 0.3) is 0 Å². The van der Waals surface area contributed by atoms with Crippen LogP contribution in [0.1, 0.15) is 51.6 Å². The van der Waals surface area contributed by atoms with Crippen LogP contribution in [0, 0.1) is 5.92 Å². The summed E-state index contributed by atoms with van der Waals surface area (Å²) in [6.07, 6.45) is 0.170. The molecule has 0 saturated carbocycles.